The van der Waals surface area contributed by atoms with Crippen LogP contribution >= 0.6 is 0 Å². The van der Waals surface area contributed by atoms with Gasteiger partial charge in [0.2, 0.25) is 5.91 Å². The lowest BCUT2D eigenvalue weighted by Crippen LogP contribution is -2.27. The van der Waals surface area contributed by atoms with E-state index in [0.29, 0.717) is 0 Å². The van der Waals surface area contributed by atoms with E-state index in [0.717, 1.165) is 18.5 Å². The van der Waals surface area contributed by atoms with E-state index in [1.807, 2.05) is 53.8 Å². The number of aromatic nitrogens is 1. The van der Waals surface area contributed by atoms with E-state index >= 15 is 0 Å². The molecule has 0 N–H and O–H groups in total. The van der Waals surface area contributed by atoms with Crippen LogP contribution in [0.1, 0.15) is 47.1 Å². The largest absolute Gasteiger partial charge is 0.342 e. The Morgan fingerprint density at radius 2 is 1.95 bits per heavy atom. The Morgan fingerprint density at radius 1 is 1.33 bits per heavy atom. The first-order valence-corrected chi connectivity index (χ1v) is 7.46. The van der Waals surface area contributed by atoms with Crippen molar-refractivity contribution in [3.8, 4) is 0 Å². The maximum atomic E-state index is 11.4. The van der Waals surface area contributed by atoms with Crippen LogP contribution in [0.3, 0.4) is 0 Å². The van der Waals surface area contributed by atoms with Gasteiger partial charge < -0.3 is 9.47 Å². The van der Waals surface area contributed by atoms with Crippen LogP contribution in [0.25, 0.3) is 0 Å². The molecule has 0 radical (unpaired) electrons. The highest BCUT2D eigenvalue weighted by atomic mass is 16.2. The van der Waals surface area contributed by atoms with Crippen LogP contribution in [0.2, 0.25) is 0 Å². The molecule has 0 aromatic carbocycles. The molecule has 1 aromatic rings. The summed E-state index contributed by atoms with van der Waals surface area (Å²) in [6.45, 7) is 10.6. The third-order valence-corrected chi connectivity index (χ3v) is 3.23. The Kier molecular flexibility index (Phi) is 9.10. The van der Waals surface area contributed by atoms with Gasteiger partial charge >= 0.3 is 0 Å². The molecule has 0 bridgehead atoms. The van der Waals surface area contributed by atoms with Gasteiger partial charge in [0.25, 0.3) is 5.56 Å². The Labute approximate surface area is 128 Å². The second-order valence-corrected chi connectivity index (χ2v) is 5.03. The van der Waals surface area contributed by atoms with Crippen LogP contribution in [0.4, 0.5) is 0 Å². The molecule has 0 aliphatic rings. The zero-order valence-electron chi connectivity index (χ0n) is 14.1. The minimum atomic E-state index is 0.0671. The van der Waals surface area contributed by atoms with Gasteiger partial charge in [-0.25, -0.2) is 0 Å². The number of pyridine rings is 1. The zero-order valence-corrected chi connectivity index (χ0v) is 14.1. The first-order valence-electron chi connectivity index (χ1n) is 7.46. The lowest BCUT2D eigenvalue weighted by Gasteiger charge is -2.15. The summed E-state index contributed by atoms with van der Waals surface area (Å²) in [4.78, 5) is 24.1. The van der Waals surface area contributed by atoms with Gasteiger partial charge in [0.05, 0.1) is 0 Å². The molecule has 4 nitrogen and oxygen atoms in total. The van der Waals surface area contributed by atoms with Gasteiger partial charge in [-0.1, -0.05) is 19.1 Å². The third-order valence-electron chi connectivity index (χ3n) is 3.23. The van der Waals surface area contributed by atoms with Crippen molar-refractivity contribution in [3.63, 3.8) is 0 Å². The van der Waals surface area contributed by atoms with Crippen molar-refractivity contribution in [2.24, 2.45) is 0 Å². The molecule has 0 fully saturated rings. The fraction of sp³-hybridized carbons (Fsp3) is 0.529. The average molecular weight is 292 g/mol. The number of amides is 1. The predicted molar refractivity (Wildman–Crippen MR) is 88.4 cm³/mol. The van der Waals surface area contributed by atoms with E-state index in [9.17, 15) is 9.59 Å². The van der Waals surface area contributed by atoms with Gasteiger partial charge in [0.1, 0.15) is 0 Å². The van der Waals surface area contributed by atoms with Gasteiger partial charge in [-0.2, -0.15) is 0 Å². The monoisotopic (exact) mass is 292 g/mol. The summed E-state index contributed by atoms with van der Waals surface area (Å²) < 4.78 is 1.69. The van der Waals surface area contributed by atoms with Gasteiger partial charge in [-0.3, -0.25) is 9.59 Å². The molecule has 1 aromatic heterocycles. The summed E-state index contributed by atoms with van der Waals surface area (Å²) in [7, 11) is 1.82. The van der Waals surface area contributed by atoms with E-state index < -0.39 is 0 Å². The topological polar surface area (TPSA) is 42.3 Å². The molecule has 4 heteroatoms. The summed E-state index contributed by atoms with van der Waals surface area (Å²) in [6, 6.07) is 5.44. The minimum absolute atomic E-state index is 0.0671. The SMILES string of the molecule is C/C=C(/CC)C(=O)N(C)CC.CC(C)n1ccccc1=O. The van der Waals surface area contributed by atoms with E-state index in [1.54, 1.807) is 27.8 Å². The lowest BCUT2D eigenvalue weighted by atomic mass is 10.2. The van der Waals surface area contributed by atoms with Crippen LogP contribution in [0, 0.1) is 0 Å². The molecule has 1 heterocycles. The molecule has 0 aliphatic carbocycles. The molecule has 0 unspecified atom stereocenters. The maximum Gasteiger partial charge on any atom is 0.250 e. The molecule has 1 rings (SSSR count). The Bertz CT molecular complexity index is 516. The van der Waals surface area contributed by atoms with Crippen molar-refractivity contribution in [3.05, 3.63) is 46.4 Å². The average Bonchev–Trinajstić information content (AvgIpc) is 2.48. The zero-order chi connectivity index (χ0) is 16.4. The second-order valence-electron chi connectivity index (χ2n) is 5.03. The molecule has 0 aliphatic heterocycles. The first-order chi connectivity index (χ1) is 9.88. The van der Waals surface area contributed by atoms with Gasteiger partial charge in [0.15, 0.2) is 0 Å². The summed E-state index contributed by atoms with van der Waals surface area (Å²) >= 11 is 0. The van der Waals surface area contributed by atoms with Crippen molar-refractivity contribution in [2.75, 3.05) is 13.6 Å². The number of carbonyl (C=O) groups is 1. The lowest BCUT2D eigenvalue weighted by molar-refractivity contribution is -0.125. The van der Waals surface area contributed by atoms with E-state index in [1.165, 1.54) is 0 Å². The highest BCUT2D eigenvalue weighted by Crippen LogP contribution is 2.03. The molecule has 118 valence electrons. The molecular weight excluding hydrogens is 264 g/mol. The molecule has 0 saturated carbocycles. The van der Waals surface area contributed by atoms with Crippen LogP contribution < -0.4 is 5.56 Å². The maximum absolute atomic E-state index is 11.4. The Balaban J connectivity index is 0.000000382. The van der Waals surface area contributed by atoms with E-state index in [-0.39, 0.29) is 17.5 Å². The van der Waals surface area contributed by atoms with Crippen molar-refractivity contribution in [1.82, 2.24) is 9.47 Å². The van der Waals surface area contributed by atoms with Crippen LogP contribution in [0.5, 0.6) is 0 Å². The molecule has 0 saturated heterocycles. The number of nitrogens with zero attached hydrogens (tertiary/aromatic N) is 2. The first kappa shape index (κ1) is 19.2. The summed E-state index contributed by atoms with van der Waals surface area (Å²) in [5.41, 5.74) is 0.965. The summed E-state index contributed by atoms with van der Waals surface area (Å²) in [5, 5.41) is 0. The summed E-state index contributed by atoms with van der Waals surface area (Å²) in [6.07, 6.45) is 4.50. The molecule has 1 amide bonds. The Hall–Kier alpha value is -1.84. The summed E-state index contributed by atoms with van der Waals surface area (Å²) in [5.74, 6) is 0.150. The van der Waals surface area contributed by atoms with Crippen LogP contribution in [0.15, 0.2) is 40.8 Å². The van der Waals surface area contributed by atoms with Crippen LogP contribution in [-0.4, -0.2) is 29.0 Å². The number of likely N-dealkylation sites (N-methyl/N-ethyl adjacent to an activating group) is 1. The van der Waals surface area contributed by atoms with E-state index in [2.05, 4.69) is 0 Å². The normalized spacial score (nSPS) is 10.9. The van der Waals surface area contributed by atoms with E-state index in [4.69, 9.17) is 0 Å². The van der Waals surface area contributed by atoms with Gasteiger partial charge in [-0.05, 0) is 40.2 Å². The quantitative estimate of drug-likeness (QED) is 0.799. The van der Waals surface area contributed by atoms with Gasteiger partial charge in [-0.15, -0.1) is 0 Å². The van der Waals surface area contributed by atoms with Crippen molar-refractivity contribution < 1.29 is 4.79 Å². The van der Waals surface area contributed by atoms with Crippen molar-refractivity contribution in [2.45, 2.75) is 47.1 Å². The molecule has 0 spiro atoms. The van der Waals surface area contributed by atoms with Crippen LogP contribution in [-0.2, 0) is 4.79 Å². The number of carbonyl (C=O) groups excluding carboxylic acids is 1. The fourth-order valence-corrected chi connectivity index (χ4v) is 1.73. The number of allylic oxidation sites excluding steroid dienone is 1. The van der Waals surface area contributed by atoms with Gasteiger partial charge in [0, 0.05) is 37.5 Å². The molecular formula is C17H28N2O2. The predicted octanol–water partition coefficient (Wildman–Crippen LogP) is 3.25. The number of hydrogen-bond donors (Lipinski definition) is 0. The number of hydrogen-bond acceptors (Lipinski definition) is 2. The van der Waals surface area contributed by atoms with Crippen molar-refractivity contribution >= 4 is 5.91 Å². The third kappa shape index (κ3) is 6.43. The highest BCUT2D eigenvalue weighted by molar-refractivity contribution is 5.93. The van der Waals surface area contributed by atoms with Crippen molar-refractivity contribution in [1.29, 1.82) is 0 Å². The molecule has 21 heavy (non-hydrogen) atoms. The second kappa shape index (κ2) is 9.97. The molecule has 0 atom stereocenters. The fourth-order valence-electron chi connectivity index (χ4n) is 1.73. The standard InChI is InChI=1S/C9H17NO.C8H11NO/c1-5-8(6-2)9(11)10(4)7-3;1-7(2)9-6-4-3-5-8(9)10/h5H,6-7H2,1-4H3;3-7H,1-2H3/b8-5-;. The Morgan fingerprint density at radius 3 is 2.29 bits per heavy atom. The number of rotatable bonds is 4. The highest BCUT2D eigenvalue weighted by Gasteiger charge is 2.09. The minimum Gasteiger partial charge on any atom is -0.342 e. The smallest absolute Gasteiger partial charge is 0.250 e.